The van der Waals surface area contributed by atoms with E-state index in [9.17, 15) is 13.2 Å². The highest BCUT2D eigenvalue weighted by Gasteiger charge is 2.28. The summed E-state index contributed by atoms with van der Waals surface area (Å²) in [7, 11) is -3.51. The number of hydrogen-bond donors (Lipinski definition) is 1. The van der Waals surface area contributed by atoms with E-state index in [2.05, 4.69) is 11.6 Å². The molecule has 2 fully saturated rings. The predicted octanol–water partition coefficient (Wildman–Crippen LogP) is 0.175. The smallest absolute Gasteiger partial charge is 0.279 e. The van der Waals surface area contributed by atoms with E-state index in [-0.39, 0.29) is 12.5 Å². The van der Waals surface area contributed by atoms with Gasteiger partial charge in [0, 0.05) is 26.2 Å². The molecule has 6 nitrogen and oxygen atoms in total. The summed E-state index contributed by atoms with van der Waals surface area (Å²) in [6.07, 6.45) is 3.99. The first-order valence-corrected chi connectivity index (χ1v) is 8.45. The summed E-state index contributed by atoms with van der Waals surface area (Å²) in [5.41, 5.74) is 0. The zero-order chi connectivity index (χ0) is 13.9. The van der Waals surface area contributed by atoms with Crippen molar-refractivity contribution >= 4 is 16.1 Å². The van der Waals surface area contributed by atoms with Gasteiger partial charge in [0.15, 0.2) is 0 Å². The van der Waals surface area contributed by atoms with Crippen LogP contribution in [-0.2, 0) is 15.0 Å². The zero-order valence-corrected chi connectivity index (χ0v) is 12.3. The summed E-state index contributed by atoms with van der Waals surface area (Å²) in [6, 6.07) is 0. The number of carbonyl (C=O) groups is 1. The van der Waals surface area contributed by atoms with Crippen molar-refractivity contribution in [2.75, 3.05) is 32.7 Å². The van der Waals surface area contributed by atoms with Gasteiger partial charge in [-0.3, -0.25) is 4.79 Å². The van der Waals surface area contributed by atoms with Gasteiger partial charge in [0.25, 0.3) is 10.2 Å². The third-order valence-corrected chi connectivity index (χ3v) is 5.34. The molecule has 1 atom stereocenters. The Balaban J connectivity index is 1.84. The average molecular weight is 289 g/mol. The van der Waals surface area contributed by atoms with Crippen LogP contribution in [0.4, 0.5) is 0 Å². The van der Waals surface area contributed by atoms with E-state index >= 15 is 0 Å². The molecule has 2 rings (SSSR count). The Kier molecular flexibility index (Phi) is 4.81. The van der Waals surface area contributed by atoms with Gasteiger partial charge in [0.2, 0.25) is 5.91 Å². The minimum Gasteiger partial charge on any atom is -0.342 e. The van der Waals surface area contributed by atoms with Crippen molar-refractivity contribution in [3.63, 3.8) is 0 Å². The highest BCUT2D eigenvalue weighted by molar-refractivity contribution is 7.87. The molecule has 0 bridgehead atoms. The Morgan fingerprint density at radius 2 is 1.89 bits per heavy atom. The molecule has 0 radical (unpaired) electrons. The van der Waals surface area contributed by atoms with E-state index in [0.717, 1.165) is 38.8 Å². The molecule has 0 aromatic carbocycles. The number of hydrogen-bond acceptors (Lipinski definition) is 3. The van der Waals surface area contributed by atoms with Gasteiger partial charge in [-0.25, -0.2) is 0 Å². The molecule has 0 aliphatic carbocycles. The normalized spacial score (nSPS) is 25.7. The van der Waals surface area contributed by atoms with Gasteiger partial charge in [0.1, 0.15) is 0 Å². The number of carbonyl (C=O) groups excluding carboxylic acids is 1. The zero-order valence-electron chi connectivity index (χ0n) is 11.5. The van der Waals surface area contributed by atoms with Crippen LogP contribution in [-0.4, -0.2) is 56.3 Å². The molecule has 1 N–H and O–H groups in total. The van der Waals surface area contributed by atoms with Crippen molar-refractivity contribution in [3.05, 3.63) is 0 Å². The van der Waals surface area contributed by atoms with Gasteiger partial charge in [-0.15, -0.1) is 0 Å². The van der Waals surface area contributed by atoms with Crippen molar-refractivity contribution in [2.24, 2.45) is 5.92 Å². The van der Waals surface area contributed by atoms with E-state index in [4.69, 9.17) is 0 Å². The van der Waals surface area contributed by atoms with Crippen LogP contribution in [0.25, 0.3) is 0 Å². The fourth-order valence-electron chi connectivity index (χ4n) is 2.69. The topological polar surface area (TPSA) is 69.7 Å². The standard InChI is InChI=1S/C12H23N3O3S/c1-11-5-4-8-15(10-11)19(17,18)13-9-12(16)14-6-2-3-7-14/h11,13H,2-10H2,1H3/t11-/m0/s1. The maximum Gasteiger partial charge on any atom is 0.279 e. The van der Waals surface area contributed by atoms with Gasteiger partial charge in [-0.2, -0.15) is 17.4 Å². The van der Waals surface area contributed by atoms with Crippen molar-refractivity contribution < 1.29 is 13.2 Å². The molecular formula is C12H23N3O3S. The van der Waals surface area contributed by atoms with Crippen LogP contribution in [0, 0.1) is 5.92 Å². The second kappa shape index (κ2) is 6.19. The molecule has 0 aromatic heterocycles. The van der Waals surface area contributed by atoms with Gasteiger partial charge in [0.05, 0.1) is 6.54 Å². The van der Waals surface area contributed by atoms with Crippen LogP contribution in [0.3, 0.4) is 0 Å². The maximum atomic E-state index is 12.1. The van der Waals surface area contributed by atoms with Crippen molar-refractivity contribution in [1.82, 2.24) is 13.9 Å². The summed E-state index contributed by atoms with van der Waals surface area (Å²) < 4.78 is 28.1. The van der Waals surface area contributed by atoms with Crippen molar-refractivity contribution in [1.29, 1.82) is 0 Å². The van der Waals surface area contributed by atoms with Gasteiger partial charge in [-0.05, 0) is 31.6 Å². The number of nitrogens with zero attached hydrogens (tertiary/aromatic N) is 2. The number of amides is 1. The van der Waals surface area contributed by atoms with Gasteiger partial charge >= 0.3 is 0 Å². The molecule has 110 valence electrons. The summed E-state index contributed by atoms with van der Waals surface area (Å²) in [5.74, 6) is 0.269. The number of rotatable bonds is 4. The molecule has 2 aliphatic heterocycles. The Bertz CT molecular complexity index is 418. The van der Waals surface area contributed by atoms with Crippen LogP contribution < -0.4 is 4.72 Å². The lowest BCUT2D eigenvalue weighted by molar-refractivity contribution is -0.128. The lowest BCUT2D eigenvalue weighted by atomic mass is 10.0. The first-order valence-electron chi connectivity index (χ1n) is 7.01. The van der Waals surface area contributed by atoms with Crippen LogP contribution in [0.15, 0.2) is 0 Å². The number of piperidine rings is 1. The fourth-order valence-corrected chi connectivity index (χ4v) is 4.00. The molecule has 0 unspecified atom stereocenters. The first kappa shape index (κ1) is 14.7. The first-order chi connectivity index (χ1) is 8.99. The van der Waals surface area contributed by atoms with E-state index in [1.807, 2.05) is 0 Å². The van der Waals surface area contributed by atoms with Crippen molar-refractivity contribution in [2.45, 2.75) is 32.6 Å². The molecule has 2 aliphatic rings. The van der Waals surface area contributed by atoms with Gasteiger partial charge in [-0.1, -0.05) is 6.92 Å². The maximum absolute atomic E-state index is 12.1. The van der Waals surface area contributed by atoms with Crippen molar-refractivity contribution in [3.8, 4) is 0 Å². The summed E-state index contributed by atoms with van der Waals surface area (Å²) in [6.45, 7) is 4.54. The molecule has 2 saturated heterocycles. The predicted molar refractivity (Wildman–Crippen MR) is 72.7 cm³/mol. The molecule has 7 heteroatoms. The summed E-state index contributed by atoms with van der Waals surface area (Å²) >= 11 is 0. The third-order valence-electron chi connectivity index (χ3n) is 3.82. The molecule has 0 spiro atoms. The van der Waals surface area contributed by atoms with E-state index in [1.165, 1.54) is 4.31 Å². The Labute approximate surface area is 115 Å². The van der Waals surface area contributed by atoms with Gasteiger partial charge < -0.3 is 4.90 Å². The van der Waals surface area contributed by atoms with Crippen LogP contribution in [0.1, 0.15) is 32.6 Å². The number of likely N-dealkylation sites (tertiary alicyclic amines) is 1. The minimum atomic E-state index is -3.51. The fraction of sp³-hybridized carbons (Fsp3) is 0.917. The third kappa shape index (κ3) is 3.90. The second-order valence-electron chi connectivity index (χ2n) is 5.52. The quantitative estimate of drug-likeness (QED) is 0.802. The van der Waals surface area contributed by atoms with Crippen LogP contribution >= 0.6 is 0 Å². The number of nitrogens with one attached hydrogen (secondary N) is 1. The highest BCUT2D eigenvalue weighted by atomic mass is 32.2. The van der Waals surface area contributed by atoms with Crippen LogP contribution in [0.2, 0.25) is 0 Å². The van der Waals surface area contributed by atoms with E-state index in [1.54, 1.807) is 4.90 Å². The second-order valence-corrected chi connectivity index (χ2v) is 7.27. The molecule has 0 aromatic rings. The van der Waals surface area contributed by atoms with Crippen LogP contribution in [0.5, 0.6) is 0 Å². The molecule has 2 heterocycles. The molecule has 1 amide bonds. The molecule has 19 heavy (non-hydrogen) atoms. The Hall–Kier alpha value is -0.660. The molecule has 0 saturated carbocycles. The average Bonchev–Trinajstić information content (AvgIpc) is 2.90. The lowest BCUT2D eigenvalue weighted by Crippen LogP contribution is -2.48. The summed E-state index contributed by atoms with van der Waals surface area (Å²) in [4.78, 5) is 13.5. The Morgan fingerprint density at radius 1 is 1.21 bits per heavy atom. The largest absolute Gasteiger partial charge is 0.342 e. The molecular weight excluding hydrogens is 266 g/mol. The monoisotopic (exact) mass is 289 g/mol. The van der Waals surface area contributed by atoms with E-state index < -0.39 is 10.2 Å². The summed E-state index contributed by atoms with van der Waals surface area (Å²) in [5, 5.41) is 0. The lowest BCUT2D eigenvalue weighted by Gasteiger charge is -2.30. The minimum absolute atomic E-state index is 0.118. The SMILES string of the molecule is C[C@H]1CCCN(S(=O)(=O)NCC(=O)N2CCCC2)C1. The highest BCUT2D eigenvalue weighted by Crippen LogP contribution is 2.17. The van der Waals surface area contributed by atoms with E-state index in [0.29, 0.717) is 19.0 Å². The Morgan fingerprint density at radius 3 is 2.53 bits per heavy atom.